The highest BCUT2D eigenvalue weighted by Crippen LogP contribution is 2.19. The maximum Gasteiger partial charge on any atom is 0.122 e. The molecule has 0 aliphatic heterocycles. The average molecular weight is 164 g/mol. The lowest BCUT2D eigenvalue weighted by Gasteiger charge is -2.07. The number of hydrogen-bond donors (Lipinski definition) is 0. The van der Waals surface area contributed by atoms with Crippen molar-refractivity contribution in [3.05, 3.63) is 29.3 Å². The van der Waals surface area contributed by atoms with Gasteiger partial charge in [0.1, 0.15) is 5.75 Å². The highest BCUT2D eigenvalue weighted by atomic mass is 16.5. The van der Waals surface area contributed by atoms with Gasteiger partial charge in [-0.05, 0) is 37.5 Å². The first kappa shape index (κ1) is 9.11. The minimum absolute atomic E-state index is 0.744. The summed E-state index contributed by atoms with van der Waals surface area (Å²) in [6.07, 6.45) is 1.07. The highest BCUT2D eigenvalue weighted by molar-refractivity contribution is 5.36. The standard InChI is InChI=1S/C11H16O/c1-4-10-7-6-9(3)11(8-10)12-5-2/h6-8H,4-5H2,1-3H3. The van der Waals surface area contributed by atoms with Gasteiger partial charge in [0.15, 0.2) is 0 Å². The van der Waals surface area contributed by atoms with Crippen LogP contribution < -0.4 is 4.74 Å². The number of aryl methyl sites for hydroxylation is 2. The van der Waals surface area contributed by atoms with Crippen molar-refractivity contribution in [2.75, 3.05) is 6.61 Å². The van der Waals surface area contributed by atoms with Crippen LogP contribution in [0.15, 0.2) is 18.2 Å². The Morgan fingerprint density at radius 3 is 2.58 bits per heavy atom. The van der Waals surface area contributed by atoms with Crippen LogP contribution in [0.2, 0.25) is 0 Å². The zero-order valence-corrected chi connectivity index (χ0v) is 8.05. The summed E-state index contributed by atoms with van der Waals surface area (Å²) in [6, 6.07) is 6.39. The molecule has 1 rings (SSSR count). The maximum atomic E-state index is 5.48. The number of rotatable bonds is 3. The van der Waals surface area contributed by atoms with E-state index in [0.29, 0.717) is 0 Å². The Hall–Kier alpha value is -0.980. The van der Waals surface area contributed by atoms with E-state index in [-0.39, 0.29) is 0 Å². The summed E-state index contributed by atoms with van der Waals surface area (Å²) in [5, 5.41) is 0. The minimum atomic E-state index is 0.744. The molecule has 1 heteroatoms. The van der Waals surface area contributed by atoms with Crippen LogP contribution in [-0.2, 0) is 6.42 Å². The van der Waals surface area contributed by atoms with Gasteiger partial charge in [-0.15, -0.1) is 0 Å². The Balaban J connectivity index is 2.91. The third-order valence-electron chi connectivity index (χ3n) is 1.96. The topological polar surface area (TPSA) is 9.23 Å². The van der Waals surface area contributed by atoms with Crippen molar-refractivity contribution < 1.29 is 4.74 Å². The van der Waals surface area contributed by atoms with Gasteiger partial charge in [0.05, 0.1) is 6.61 Å². The second kappa shape index (κ2) is 4.15. The van der Waals surface area contributed by atoms with E-state index >= 15 is 0 Å². The lowest BCUT2D eigenvalue weighted by atomic mass is 10.1. The summed E-state index contributed by atoms with van der Waals surface area (Å²) in [7, 11) is 0. The number of benzene rings is 1. The van der Waals surface area contributed by atoms with Gasteiger partial charge in [0.2, 0.25) is 0 Å². The Bertz CT molecular complexity index is 253. The van der Waals surface area contributed by atoms with Gasteiger partial charge >= 0.3 is 0 Å². The Labute approximate surface area is 74.4 Å². The number of ether oxygens (including phenoxy) is 1. The van der Waals surface area contributed by atoms with Gasteiger partial charge in [-0.1, -0.05) is 19.1 Å². The molecule has 0 saturated heterocycles. The van der Waals surface area contributed by atoms with Crippen molar-refractivity contribution in [2.24, 2.45) is 0 Å². The van der Waals surface area contributed by atoms with Gasteiger partial charge in [-0.2, -0.15) is 0 Å². The van der Waals surface area contributed by atoms with E-state index in [1.165, 1.54) is 11.1 Å². The summed E-state index contributed by atoms with van der Waals surface area (Å²) < 4.78 is 5.48. The van der Waals surface area contributed by atoms with E-state index in [9.17, 15) is 0 Å². The number of hydrogen-bond acceptors (Lipinski definition) is 1. The van der Waals surface area contributed by atoms with Gasteiger partial charge < -0.3 is 4.74 Å². The van der Waals surface area contributed by atoms with Crippen molar-refractivity contribution in [1.82, 2.24) is 0 Å². The molecule has 0 saturated carbocycles. The zero-order valence-electron chi connectivity index (χ0n) is 8.05. The summed E-state index contributed by atoms with van der Waals surface area (Å²) in [4.78, 5) is 0. The molecule has 0 heterocycles. The largest absolute Gasteiger partial charge is 0.494 e. The molecule has 0 aromatic heterocycles. The molecule has 0 unspecified atom stereocenters. The molecular weight excluding hydrogens is 148 g/mol. The molecule has 0 aliphatic rings. The molecule has 0 radical (unpaired) electrons. The van der Waals surface area contributed by atoms with E-state index in [4.69, 9.17) is 4.74 Å². The lowest BCUT2D eigenvalue weighted by molar-refractivity contribution is 0.337. The highest BCUT2D eigenvalue weighted by Gasteiger charge is 1.98. The average Bonchev–Trinajstić information content (AvgIpc) is 2.09. The van der Waals surface area contributed by atoms with Crippen LogP contribution in [0.1, 0.15) is 25.0 Å². The summed E-state index contributed by atoms with van der Waals surface area (Å²) in [5.41, 5.74) is 2.55. The van der Waals surface area contributed by atoms with Crippen LogP contribution in [0.25, 0.3) is 0 Å². The molecule has 66 valence electrons. The zero-order chi connectivity index (χ0) is 8.97. The molecule has 1 nitrogen and oxygen atoms in total. The van der Waals surface area contributed by atoms with Crippen LogP contribution in [0.3, 0.4) is 0 Å². The van der Waals surface area contributed by atoms with Crippen molar-refractivity contribution in [1.29, 1.82) is 0 Å². The summed E-state index contributed by atoms with van der Waals surface area (Å²) in [5.74, 6) is 1.02. The van der Waals surface area contributed by atoms with E-state index in [0.717, 1.165) is 18.8 Å². The first-order chi connectivity index (χ1) is 5.77. The van der Waals surface area contributed by atoms with Crippen LogP contribution >= 0.6 is 0 Å². The molecule has 0 bridgehead atoms. The first-order valence-corrected chi connectivity index (χ1v) is 4.50. The van der Waals surface area contributed by atoms with E-state index in [2.05, 4.69) is 32.0 Å². The van der Waals surface area contributed by atoms with Crippen molar-refractivity contribution in [3.8, 4) is 5.75 Å². The molecule has 1 aromatic rings. The molecule has 0 atom stereocenters. The van der Waals surface area contributed by atoms with Gasteiger partial charge in [0.25, 0.3) is 0 Å². The Morgan fingerprint density at radius 2 is 2.00 bits per heavy atom. The van der Waals surface area contributed by atoms with Gasteiger partial charge in [0, 0.05) is 0 Å². The third-order valence-corrected chi connectivity index (χ3v) is 1.96. The second-order valence-corrected chi connectivity index (χ2v) is 2.89. The monoisotopic (exact) mass is 164 g/mol. The summed E-state index contributed by atoms with van der Waals surface area (Å²) in [6.45, 7) is 6.98. The molecule has 1 aromatic carbocycles. The molecule has 0 fully saturated rings. The molecule has 12 heavy (non-hydrogen) atoms. The minimum Gasteiger partial charge on any atom is -0.494 e. The lowest BCUT2D eigenvalue weighted by Crippen LogP contribution is -1.94. The van der Waals surface area contributed by atoms with E-state index in [1.54, 1.807) is 0 Å². The van der Waals surface area contributed by atoms with Gasteiger partial charge in [-0.25, -0.2) is 0 Å². The molecule has 0 spiro atoms. The third kappa shape index (κ3) is 2.00. The molecule has 0 amide bonds. The fourth-order valence-corrected chi connectivity index (χ4v) is 1.18. The SMILES string of the molecule is CCOc1cc(CC)ccc1C. The first-order valence-electron chi connectivity index (χ1n) is 4.50. The van der Waals surface area contributed by atoms with Crippen LogP contribution in [0.5, 0.6) is 5.75 Å². The van der Waals surface area contributed by atoms with E-state index in [1.807, 2.05) is 6.92 Å². The van der Waals surface area contributed by atoms with Crippen molar-refractivity contribution in [3.63, 3.8) is 0 Å². The maximum absolute atomic E-state index is 5.48. The van der Waals surface area contributed by atoms with E-state index < -0.39 is 0 Å². The van der Waals surface area contributed by atoms with Crippen LogP contribution in [-0.4, -0.2) is 6.61 Å². The smallest absolute Gasteiger partial charge is 0.122 e. The van der Waals surface area contributed by atoms with Crippen LogP contribution in [0.4, 0.5) is 0 Å². The Kier molecular flexibility index (Phi) is 3.15. The fourth-order valence-electron chi connectivity index (χ4n) is 1.18. The quantitative estimate of drug-likeness (QED) is 0.667. The molecule has 0 N–H and O–H groups in total. The van der Waals surface area contributed by atoms with Gasteiger partial charge in [-0.3, -0.25) is 0 Å². The summed E-state index contributed by atoms with van der Waals surface area (Å²) >= 11 is 0. The normalized spacial score (nSPS) is 9.92. The fraction of sp³-hybridized carbons (Fsp3) is 0.455. The Morgan fingerprint density at radius 1 is 1.25 bits per heavy atom. The molecule has 0 aliphatic carbocycles. The van der Waals surface area contributed by atoms with Crippen molar-refractivity contribution in [2.45, 2.75) is 27.2 Å². The second-order valence-electron chi connectivity index (χ2n) is 2.89. The predicted octanol–water partition coefficient (Wildman–Crippen LogP) is 2.96. The predicted molar refractivity (Wildman–Crippen MR) is 51.7 cm³/mol. The van der Waals surface area contributed by atoms with Crippen molar-refractivity contribution >= 4 is 0 Å². The molecular formula is C11H16O. The van der Waals surface area contributed by atoms with Crippen LogP contribution in [0, 0.1) is 6.92 Å².